The number of aliphatic imine (C=N–C) groups is 1. The van der Waals surface area contributed by atoms with Crippen LogP contribution in [0.4, 0.5) is 15.8 Å². The van der Waals surface area contributed by atoms with Crippen molar-refractivity contribution >= 4 is 47.2 Å². The smallest absolute Gasteiger partial charge is 0.291 e. The number of hydrogen-bond acceptors (Lipinski definition) is 4. The largest absolute Gasteiger partial charge is 0.459 e. The number of anilines is 2. The highest BCUT2D eigenvalue weighted by Crippen LogP contribution is 2.17. The Morgan fingerprint density at radius 1 is 1.06 bits per heavy atom. The summed E-state index contributed by atoms with van der Waals surface area (Å²) in [6.45, 7) is 3.88. The summed E-state index contributed by atoms with van der Waals surface area (Å²) in [7, 11) is 1.77. The van der Waals surface area contributed by atoms with Crippen LogP contribution >= 0.6 is 24.0 Å². The molecule has 2 heterocycles. The zero-order valence-electron chi connectivity index (χ0n) is 18.3. The fraction of sp³-hybridized carbons (Fsp3) is 0.250. The normalized spacial score (nSPS) is 13.9. The van der Waals surface area contributed by atoms with Gasteiger partial charge >= 0.3 is 0 Å². The molecule has 0 atom stereocenters. The number of nitrogens with zero attached hydrogens (tertiary/aromatic N) is 3. The summed E-state index contributed by atoms with van der Waals surface area (Å²) in [5, 5.41) is 6.25. The molecule has 174 valence electrons. The van der Waals surface area contributed by atoms with Gasteiger partial charge in [0.2, 0.25) is 0 Å². The zero-order chi connectivity index (χ0) is 22.3. The molecular weight excluding hydrogens is 536 g/mol. The van der Waals surface area contributed by atoms with Crippen molar-refractivity contribution in [2.45, 2.75) is 6.54 Å². The SMILES string of the molecule is CN=C(NCc1cccc(NC(=O)c2ccco2)c1)N1CCN(c2ccc(F)cc2)CC1.I. The van der Waals surface area contributed by atoms with Crippen LogP contribution in [-0.2, 0) is 6.54 Å². The molecule has 4 rings (SSSR count). The van der Waals surface area contributed by atoms with Crippen LogP contribution < -0.4 is 15.5 Å². The van der Waals surface area contributed by atoms with E-state index in [-0.39, 0.29) is 41.5 Å². The van der Waals surface area contributed by atoms with Gasteiger partial charge in [0.25, 0.3) is 5.91 Å². The highest BCUT2D eigenvalue weighted by atomic mass is 127. The molecule has 1 amide bonds. The van der Waals surface area contributed by atoms with Crippen molar-refractivity contribution < 1.29 is 13.6 Å². The van der Waals surface area contributed by atoms with Gasteiger partial charge in [-0.05, 0) is 54.1 Å². The lowest BCUT2D eigenvalue weighted by Crippen LogP contribution is -2.52. The van der Waals surface area contributed by atoms with E-state index < -0.39 is 0 Å². The molecule has 1 saturated heterocycles. The van der Waals surface area contributed by atoms with Gasteiger partial charge in [-0.2, -0.15) is 0 Å². The van der Waals surface area contributed by atoms with E-state index in [1.54, 1.807) is 19.2 Å². The Labute approximate surface area is 209 Å². The number of carbonyl (C=O) groups is 1. The lowest BCUT2D eigenvalue weighted by atomic mass is 10.2. The molecule has 0 saturated carbocycles. The lowest BCUT2D eigenvalue weighted by molar-refractivity contribution is 0.0996. The van der Waals surface area contributed by atoms with Crippen LogP contribution in [0.5, 0.6) is 0 Å². The van der Waals surface area contributed by atoms with Gasteiger partial charge < -0.3 is 24.9 Å². The number of piperazine rings is 1. The molecule has 0 aliphatic carbocycles. The number of guanidine groups is 1. The number of amides is 1. The lowest BCUT2D eigenvalue weighted by Gasteiger charge is -2.37. The Morgan fingerprint density at radius 3 is 2.48 bits per heavy atom. The van der Waals surface area contributed by atoms with Crippen molar-refractivity contribution in [3.63, 3.8) is 0 Å². The van der Waals surface area contributed by atoms with Gasteiger partial charge in [-0.15, -0.1) is 24.0 Å². The minimum absolute atomic E-state index is 0. The van der Waals surface area contributed by atoms with E-state index in [1.807, 2.05) is 36.4 Å². The molecule has 0 bridgehead atoms. The summed E-state index contributed by atoms with van der Waals surface area (Å²) < 4.78 is 18.3. The summed E-state index contributed by atoms with van der Waals surface area (Å²) in [4.78, 5) is 21.1. The number of rotatable bonds is 5. The Hall–Kier alpha value is -3.08. The first-order chi connectivity index (χ1) is 15.6. The van der Waals surface area contributed by atoms with Crippen molar-refractivity contribution in [2.75, 3.05) is 43.4 Å². The highest BCUT2D eigenvalue weighted by Gasteiger charge is 2.20. The van der Waals surface area contributed by atoms with Crippen LogP contribution in [0.2, 0.25) is 0 Å². The molecule has 9 heteroatoms. The molecule has 7 nitrogen and oxygen atoms in total. The zero-order valence-corrected chi connectivity index (χ0v) is 20.7. The maximum Gasteiger partial charge on any atom is 0.291 e. The molecule has 1 aliphatic heterocycles. The molecule has 3 aromatic rings. The summed E-state index contributed by atoms with van der Waals surface area (Å²) in [5.74, 6) is 0.596. The first-order valence-corrected chi connectivity index (χ1v) is 10.5. The standard InChI is InChI=1S/C24H26FN5O2.HI/c1-26-24(30-13-11-29(12-14-30)21-9-7-19(25)8-10-21)27-17-18-4-2-5-20(16-18)28-23(31)22-6-3-15-32-22;/h2-10,15-16H,11-14,17H2,1H3,(H,26,27)(H,28,31);1H. The van der Waals surface area contributed by atoms with Crippen molar-refractivity contribution in [1.29, 1.82) is 0 Å². The minimum atomic E-state index is -0.282. The van der Waals surface area contributed by atoms with Gasteiger partial charge in [-0.1, -0.05) is 12.1 Å². The minimum Gasteiger partial charge on any atom is -0.459 e. The van der Waals surface area contributed by atoms with Gasteiger partial charge in [0.05, 0.1) is 6.26 Å². The number of nitrogens with one attached hydrogen (secondary N) is 2. The van der Waals surface area contributed by atoms with Crippen LogP contribution in [0.15, 0.2) is 76.3 Å². The van der Waals surface area contributed by atoms with Crippen molar-refractivity contribution in [3.05, 3.63) is 84.1 Å². The van der Waals surface area contributed by atoms with Crippen LogP contribution in [0.1, 0.15) is 16.1 Å². The van der Waals surface area contributed by atoms with Gasteiger partial charge in [0.1, 0.15) is 5.82 Å². The first kappa shape index (κ1) is 24.6. The molecule has 2 N–H and O–H groups in total. The highest BCUT2D eigenvalue weighted by molar-refractivity contribution is 14.0. The second-order valence-electron chi connectivity index (χ2n) is 7.48. The van der Waals surface area contributed by atoms with Crippen molar-refractivity contribution in [3.8, 4) is 0 Å². The second kappa shape index (κ2) is 11.7. The summed E-state index contributed by atoms with van der Waals surface area (Å²) >= 11 is 0. The van der Waals surface area contributed by atoms with E-state index in [9.17, 15) is 9.18 Å². The first-order valence-electron chi connectivity index (χ1n) is 10.5. The molecule has 33 heavy (non-hydrogen) atoms. The van der Waals surface area contributed by atoms with Crippen LogP contribution in [0.3, 0.4) is 0 Å². The fourth-order valence-corrected chi connectivity index (χ4v) is 3.70. The molecule has 0 spiro atoms. The van der Waals surface area contributed by atoms with Crippen LogP contribution in [0.25, 0.3) is 0 Å². The Morgan fingerprint density at radius 2 is 1.82 bits per heavy atom. The summed E-state index contributed by atoms with van der Waals surface area (Å²) in [5.41, 5.74) is 2.75. The second-order valence-corrected chi connectivity index (χ2v) is 7.48. The van der Waals surface area contributed by atoms with Gasteiger partial charge in [0.15, 0.2) is 11.7 Å². The predicted octanol–water partition coefficient (Wildman–Crippen LogP) is 4.19. The predicted molar refractivity (Wildman–Crippen MR) is 139 cm³/mol. The third-order valence-electron chi connectivity index (χ3n) is 5.36. The van der Waals surface area contributed by atoms with Crippen LogP contribution in [-0.4, -0.2) is 50.0 Å². The van der Waals surface area contributed by atoms with E-state index in [1.165, 1.54) is 18.4 Å². The number of hydrogen-bond donors (Lipinski definition) is 2. The van der Waals surface area contributed by atoms with Crippen LogP contribution in [0, 0.1) is 5.82 Å². The molecule has 2 aromatic carbocycles. The maximum atomic E-state index is 13.2. The van der Waals surface area contributed by atoms with Gasteiger partial charge in [0, 0.05) is 51.1 Å². The van der Waals surface area contributed by atoms with E-state index in [0.717, 1.165) is 43.4 Å². The van der Waals surface area contributed by atoms with Gasteiger partial charge in [-0.3, -0.25) is 9.79 Å². The summed E-state index contributed by atoms with van der Waals surface area (Å²) in [6.07, 6.45) is 1.47. The number of furan rings is 1. The maximum absolute atomic E-state index is 13.2. The fourth-order valence-electron chi connectivity index (χ4n) is 3.70. The van der Waals surface area contributed by atoms with E-state index in [2.05, 4.69) is 25.4 Å². The third kappa shape index (κ3) is 6.47. The quantitative estimate of drug-likeness (QED) is 0.277. The molecule has 1 aliphatic rings. The number of benzene rings is 2. The monoisotopic (exact) mass is 563 g/mol. The molecule has 0 radical (unpaired) electrons. The Bertz CT molecular complexity index is 1060. The molecule has 1 fully saturated rings. The van der Waals surface area contributed by atoms with E-state index in [0.29, 0.717) is 12.2 Å². The van der Waals surface area contributed by atoms with Crippen molar-refractivity contribution in [2.24, 2.45) is 4.99 Å². The molecule has 0 unspecified atom stereocenters. The number of carbonyl (C=O) groups excluding carboxylic acids is 1. The summed E-state index contributed by atoms with van der Waals surface area (Å²) in [6, 6.07) is 17.6. The molecule has 1 aromatic heterocycles. The topological polar surface area (TPSA) is 73.1 Å². The van der Waals surface area contributed by atoms with Gasteiger partial charge in [-0.25, -0.2) is 4.39 Å². The van der Waals surface area contributed by atoms with E-state index in [4.69, 9.17) is 4.42 Å². The Kier molecular flexibility index (Phi) is 8.70. The average Bonchev–Trinajstić information content (AvgIpc) is 3.36. The van der Waals surface area contributed by atoms with Crippen molar-refractivity contribution in [1.82, 2.24) is 10.2 Å². The van der Waals surface area contributed by atoms with E-state index >= 15 is 0 Å². The Balaban J connectivity index is 0.00000306. The average molecular weight is 563 g/mol. The third-order valence-corrected chi connectivity index (χ3v) is 5.36. The number of halogens is 2. The molecular formula is C24H27FIN5O2.